The molecule has 0 atom stereocenters. The highest BCUT2D eigenvalue weighted by atomic mass is 127. The molecule has 0 aliphatic rings. The molecule has 0 unspecified atom stereocenters. The summed E-state index contributed by atoms with van der Waals surface area (Å²) in [6.45, 7) is 5.37. The van der Waals surface area contributed by atoms with Crippen molar-refractivity contribution in [1.82, 2.24) is 0 Å². The van der Waals surface area contributed by atoms with Gasteiger partial charge in [0.15, 0.2) is 0 Å². The molecule has 0 radical (unpaired) electrons. The van der Waals surface area contributed by atoms with Crippen molar-refractivity contribution in [3.8, 4) is 5.75 Å². The third-order valence-electron chi connectivity index (χ3n) is 1.59. The van der Waals surface area contributed by atoms with Crippen molar-refractivity contribution in [2.45, 2.75) is 26.4 Å². The molecule has 4 nitrogen and oxygen atoms in total. The molecule has 0 bridgehead atoms. The van der Waals surface area contributed by atoms with Crippen molar-refractivity contribution in [3.63, 3.8) is 0 Å². The van der Waals surface area contributed by atoms with Crippen LogP contribution in [0.5, 0.6) is 5.75 Å². The van der Waals surface area contributed by atoms with Gasteiger partial charge >= 0.3 is 6.09 Å². The van der Waals surface area contributed by atoms with E-state index in [1.165, 1.54) is 6.07 Å². The Labute approximate surface area is 108 Å². The summed E-state index contributed by atoms with van der Waals surface area (Å²) in [5, 5.41) is 12.0. The average Bonchev–Trinajstić information content (AvgIpc) is 2.08. The largest absolute Gasteiger partial charge is 0.507 e. The zero-order valence-corrected chi connectivity index (χ0v) is 11.5. The number of hydrogen-bond acceptors (Lipinski definition) is 3. The van der Waals surface area contributed by atoms with Crippen LogP contribution in [0.1, 0.15) is 20.8 Å². The SMILES string of the molecule is CC(C)(C)OC(=O)Nc1ccc(I)c(O)c1. The topological polar surface area (TPSA) is 58.6 Å². The smallest absolute Gasteiger partial charge is 0.412 e. The van der Waals surface area contributed by atoms with Crippen LogP contribution in [0.3, 0.4) is 0 Å². The van der Waals surface area contributed by atoms with Crippen LogP contribution in [-0.2, 0) is 4.74 Å². The fourth-order valence-electron chi connectivity index (χ4n) is 1.01. The van der Waals surface area contributed by atoms with Gasteiger partial charge in [0.2, 0.25) is 0 Å². The normalized spacial score (nSPS) is 11.0. The third-order valence-corrected chi connectivity index (χ3v) is 2.50. The van der Waals surface area contributed by atoms with Crippen molar-refractivity contribution < 1.29 is 14.6 Å². The zero-order chi connectivity index (χ0) is 12.3. The first kappa shape index (κ1) is 13.1. The second-order valence-corrected chi connectivity index (χ2v) is 5.46. The summed E-state index contributed by atoms with van der Waals surface area (Å²) in [5.41, 5.74) is -0.0258. The highest BCUT2D eigenvalue weighted by molar-refractivity contribution is 14.1. The number of benzene rings is 1. The van der Waals surface area contributed by atoms with E-state index >= 15 is 0 Å². The van der Waals surface area contributed by atoms with Crippen molar-refractivity contribution in [2.75, 3.05) is 5.32 Å². The molecule has 1 aromatic rings. The minimum absolute atomic E-state index is 0.133. The van der Waals surface area contributed by atoms with Crippen LogP contribution in [0.2, 0.25) is 0 Å². The molecule has 0 saturated carbocycles. The summed E-state index contributed by atoms with van der Waals surface area (Å²) in [4.78, 5) is 11.4. The Kier molecular flexibility index (Phi) is 4.01. The second-order valence-electron chi connectivity index (χ2n) is 4.29. The van der Waals surface area contributed by atoms with E-state index in [0.717, 1.165) is 3.57 Å². The highest BCUT2D eigenvalue weighted by Crippen LogP contribution is 2.23. The van der Waals surface area contributed by atoms with Gasteiger partial charge in [0, 0.05) is 11.8 Å². The summed E-state index contributed by atoms with van der Waals surface area (Å²) < 4.78 is 5.81. The average molecular weight is 335 g/mol. The van der Waals surface area contributed by atoms with E-state index < -0.39 is 11.7 Å². The number of phenolic OH excluding ortho intramolecular Hbond substituents is 1. The van der Waals surface area contributed by atoms with Gasteiger partial charge in [-0.3, -0.25) is 5.32 Å². The van der Waals surface area contributed by atoms with Crippen molar-refractivity contribution in [3.05, 3.63) is 21.8 Å². The number of ether oxygens (including phenoxy) is 1. The maximum atomic E-state index is 11.4. The summed E-state index contributed by atoms with van der Waals surface area (Å²) in [6, 6.07) is 4.89. The molecule has 5 heteroatoms. The van der Waals surface area contributed by atoms with Crippen LogP contribution in [0.25, 0.3) is 0 Å². The third kappa shape index (κ3) is 4.26. The van der Waals surface area contributed by atoms with Gasteiger partial charge in [-0.05, 0) is 55.5 Å². The highest BCUT2D eigenvalue weighted by Gasteiger charge is 2.16. The number of aromatic hydroxyl groups is 1. The van der Waals surface area contributed by atoms with Crippen LogP contribution in [0.15, 0.2) is 18.2 Å². The zero-order valence-electron chi connectivity index (χ0n) is 9.37. The maximum absolute atomic E-state index is 11.4. The van der Waals surface area contributed by atoms with Crippen LogP contribution < -0.4 is 5.32 Å². The van der Waals surface area contributed by atoms with E-state index in [1.807, 2.05) is 22.6 Å². The van der Waals surface area contributed by atoms with E-state index in [9.17, 15) is 9.90 Å². The molecule has 0 aliphatic heterocycles. The Balaban J connectivity index is 2.67. The molecule has 1 amide bonds. The Morgan fingerprint density at radius 3 is 2.56 bits per heavy atom. The number of hydrogen-bond donors (Lipinski definition) is 2. The lowest BCUT2D eigenvalue weighted by Crippen LogP contribution is -2.27. The molecule has 0 saturated heterocycles. The molecule has 0 aliphatic carbocycles. The lowest BCUT2D eigenvalue weighted by atomic mass is 10.2. The minimum atomic E-state index is -0.534. The van der Waals surface area contributed by atoms with Gasteiger partial charge in [0.05, 0.1) is 3.57 Å². The first-order valence-electron chi connectivity index (χ1n) is 4.76. The molecule has 16 heavy (non-hydrogen) atoms. The molecule has 0 heterocycles. The van der Waals surface area contributed by atoms with Crippen molar-refractivity contribution >= 4 is 34.4 Å². The van der Waals surface area contributed by atoms with Crippen LogP contribution in [-0.4, -0.2) is 16.8 Å². The predicted molar refractivity (Wildman–Crippen MR) is 70.7 cm³/mol. The summed E-state index contributed by atoms with van der Waals surface area (Å²) in [7, 11) is 0. The second kappa shape index (κ2) is 4.90. The van der Waals surface area contributed by atoms with E-state index in [2.05, 4.69) is 5.32 Å². The quantitative estimate of drug-likeness (QED) is 0.774. The van der Waals surface area contributed by atoms with Gasteiger partial charge < -0.3 is 9.84 Å². The number of anilines is 1. The fourth-order valence-corrected chi connectivity index (χ4v) is 1.35. The summed E-state index contributed by atoms with van der Waals surface area (Å²) in [5.74, 6) is 0.133. The molecule has 1 rings (SSSR count). The first-order chi connectivity index (χ1) is 7.28. The van der Waals surface area contributed by atoms with E-state index in [1.54, 1.807) is 32.9 Å². The number of carbonyl (C=O) groups excluding carboxylic acids is 1. The van der Waals surface area contributed by atoms with Gasteiger partial charge in [0.25, 0.3) is 0 Å². The van der Waals surface area contributed by atoms with Gasteiger partial charge in [0.1, 0.15) is 11.4 Å². The van der Waals surface area contributed by atoms with E-state index in [-0.39, 0.29) is 5.75 Å². The Hall–Kier alpha value is -0.980. The lowest BCUT2D eigenvalue weighted by molar-refractivity contribution is 0.0636. The van der Waals surface area contributed by atoms with Crippen LogP contribution >= 0.6 is 22.6 Å². The predicted octanol–water partition coefficient (Wildman–Crippen LogP) is 3.34. The molecule has 0 aromatic heterocycles. The molecular formula is C11H14INO3. The fraction of sp³-hybridized carbons (Fsp3) is 0.364. The first-order valence-corrected chi connectivity index (χ1v) is 5.84. The number of phenols is 1. The number of halogens is 1. The van der Waals surface area contributed by atoms with Crippen LogP contribution in [0.4, 0.5) is 10.5 Å². The Morgan fingerprint density at radius 2 is 2.06 bits per heavy atom. The Bertz CT molecular complexity index is 399. The molecule has 0 fully saturated rings. The summed E-state index contributed by atoms with van der Waals surface area (Å²) >= 11 is 2.00. The van der Waals surface area contributed by atoms with E-state index in [0.29, 0.717) is 5.69 Å². The number of amides is 1. The number of rotatable bonds is 1. The maximum Gasteiger partial charge on any atom is 0.412 e. The van der Waals surface area contributed by atoms with Crippen molar-refractivity contribution in [2.24, 2.45) is 0 Å². The molecule has 1 aromatic carbocycles. The molecule has 0 spiro atoms. The standard InChI is InChI=1S/C11H14INO3/c1-11(2,3)16-10(15)13-7-4-5-8(12)9(14)6-7/h4-6,14H,1-3H3,(H,13,15). The van der Waals surface area contributed by atoms with Crippen molar-refractivity contribution in [1.29, 1.82) is 0 Å². The van der Waals surface area contributed by atoms with Gasteiger partial charge in [-0.15, -0.1) is 0 Å². The van der Waals surface area contributed by atoms with Gasteiger partial charge in [-0.25, -0.2) is 4.79 Å². The number of nitrogens with one attached hydrogen (secondary N) is 1. The van der Waals surface area contributed by atoms with Gasteiger partial charge in [-0.1, -0.05) is 0 Å². The van der Waals surface area contributed by atoms with Crippen LogP contribution in [0, 0.1) is 3.57 Å². The minimum Gasteiger partial charge on any atom is -0.507 e. The lowest BCUT2D eigenvalue weighted by Gasteiger charge is -2.19. The summed E-state index contributed by atoms with van der Waals surface area (Å²) in [6.07, 6.45) is -0.534. The molecular weight excluding hydrogens is 321 g/mol. The van der Waals surface area contributed by atoms with Gasteiger partial charge in [-0.2, -0.15) is 0 Å². The monoisotopic (exact) mass is 335 g/mol. The molecule has 2 N–H and O–H groups in total. The van der Waals surface area contributed by atoms with E-state index in [4.69, 9.17) is 4.74 Å². The molecule has 88 valence electrons. The Morgan fingerprint density at radius 1 is 1.44 bits per heavy atom. The number of carbonyl (C=O) groups is 1.